The van der Waals surface area contributed by atoms with Crippen LogP contribution in [0.4, 0.5) is 14.4 Å². The number of hydrogen-bond acceptors (Lipinski definition) is 9. The quantitative estimate of drug-likeness (QED) is 0.0673. The summed E-state index contributed by atoms with van der Waals surface area (Å²) in [5.41, 5.74) is 14.7. The number of urea groups is 3. The third kappa shape index (κ3) is 19.9. The highest BCUT2D eigenvalue weighted by atomic mass is 16.2. The van der Waals surface area contributed by atoms with Crippen LogP contribution in [0.1, 0.15) is 132 Å². The topological polar surface area (TPSA) is 173 Å². The van der Waals surface area contributed by atoms with Crippen LogP contribution in [0.25, 0.3) is 22.3 Å². The average molecular weight is 1330 g/mol. The third-order valence-electron chi connectivity index (χ3n) is 18.3. The lowest BCUT2D eigenvalue weighted by Gasteiger charge is -2.32. The largest absolute Gasteiger partial charge is 0.333 e. The lowest BCUT2D eigenvalue weighted by Crippen LogP contribution is -2.55. The number of amides is 12. The van der Waals surface area contributed by atoms with Crippen LogP contribution in [0.3, 0.4) is 0 Å². The predicted molar refractivity (Wildman–Crippen MR) is 388 cm³/mol. The van der Waals surface area contributed by atoms with Crippen LogP contribution in [-0.2, 0) is 83.5 Å². The van der Waals surface area contributed by atoms with Crippen molar-refractivity contribution >= 4 is 53.5 Å². The van der Waals surface area contributed by atoms with Crippen molar-refractivity contribution in [3.8, 4) is 22.3 Å². The highest BCUT2D eigenvalue weighted by molar-refractivity contribution is 6.15. The van der Waals surface area contributed by atoms with Crippen molar-refractivity contribution in [1.29, 1.82) is 0 Å². The maximum Gasteiger partial charge on any atom is 0.333 e. The van der Waals surface area contributed by atoms with E-state index < -0.39 is 53.5 Å². The average Bonchev–Trinajstić information content (AvgIpc) is 0.818. The number of barbiturate groups is 3. The number of rotatable bonds is 20. The number of imide groups is 6. The van der Waals surface area contributed by atoms with E-state index in [0.717, 1.165) is 55.6 Å². The first kappa shape index (κ1) is 72.8. The van der Waals surface area contributed by atoms with E-state index in [9.17, 15) is 43.2 Å². The standard InChI is InChI=1S/C32H28N2O3.C28H36N2O3.C24H28N2O3/c35-30-23-31(36)34(22-20-25-13-17-29(18-14-25)27-9-5-2-6-10-27)32(37)33(30)21-19-24-11-15-28(16-12-24)26-7-3-1-4-8-26;1-27(2,3)22-11-7-20(8-12-22)15-17-29-24(31)19-25(32)30(26(29)33)18-16-21-9-13-23(14-10-21)28(4,5)6;1-24(2,3)20-11-9-19(10-12-20)14-16-26-22(28)17-21(27)25(23(26)29)15-13-18-7-5-4-6-8-18/h1-18H,19-23H2;7-14H,15-19H2,1-6H3;4-12H,13-17H2,1-3H3. The van der Waals surface area contributed by atoms with Gasteiger partial charge in [-0.1, -0.05) is 275 Å². The summed E-state index contributed by atoms with van der Waals surface area (Å²) in [6.07, 6.45) is 2.59. The Morgan fingerprint density at radius 2 is 0.394 bits per heavy atom. The van der Waals surface area contributed by atoms with Crippen molar-refractivity contribution in [3.05, 3.63) is 262 Å². The zero-order valence-corrected chi connectivity index (χ0v) is 58.7. The predicted octanol–water partition coefficient (Wildman–Crippen LogP) is 15.2. The molecule has 8 aromatic rings. The number of benzene rings is 8. The molecule has 99 heavy (non-hydrogen) atoms. The first-order chi connectivity index (χ1) is 47.2. The van der Waals surface area contributed by atoms with E-state index in [-0.39, 0.29) is 74.8 Å². The lowest BCUT2D eigenvalue weighted by atomic mass is 9.86. The van der Waals surface area contributed by atoms with Gasteiger partial charge in [0.05, 0.1) is 0 Å². The van der Waals surface area contributed by atoms with Gasteiger partial charge >= 0.3 is 18.1 Å². The van der Waals surface area contributed by atoms with E-state index in [2.05, 4.69) is 123 Å². The molecule has 0 N–H and O–H groups in total. The van der Waals surface area contributed by atoms with Gasteiger partial charge in [0.1, 0.15) is 19.3 Å². The fourth-order valence-electron chi connectivity index (χ4n) is 12.0. The molecule has 0 bridgehead atoms. The summed E-state index contributed by atoms with van der Waals surface area (Å²) in [5, 5.41) is 0. The molecule has 3 aliphatic rings. The van der Waals surface area contributed by atoms with E-state index in [1.54, 1.807) is 0 Å². The molecule has 0 spiro atoms. The molecule has 0 atom stereocenters. The van der Waals surface area contributed by atoms with Gasteiger partial charge in [0, 0.05) is 39.3 Å². The van der Waals surface area contributed by atoms with Crippen LogP contribution >= 0.6 is 0 Å². The van der Waals surface area contributed by atoms with Crippen molar-refractivity contribution in [1.82, 2.24) is 29.4 Å². The van der Waals surface area contributed by atoms with Crippen LogP contribution in [0.2, 0.25) is 0 Å². The monoisotopic (exact) mass is 1330 g/mol. The van der Waals surface area contributed by atoms with Gasteiger partial charge in [0.25, 0.3) is 0 Å². The summed E-state index contributed by atoms with van der Waals surface area (Å²) in [4.78, 5) is 121. The number of carbonyl (C=O) groups is 9. The fourth-order valence-corrected chi connectivity index (χ4v) is 12.0. The maximum atomic E-state index is 13.1. The molecule has 12 amide bonds. The molecule has 0 radical (unpaired) electrons. The summed E-state index contributed by atoms with van der Waals surface area (Å²) in [6, 6.07) is 69.4. The van der Waals surface area contributed by atoms with Crippen molar-refractivity contribution in [3.63, 3.8) is 0 Å². The SMILES string of the molecule is CC(C)(C)c1ccc(CCN2C(=O)CC(=O)N(CCc3ccc(C(C)(C)C)cc3)C2=O)cc1.CC(C)(C)c1ccc(CCN2C(=O)CC(=O)N(CCc3ccccc3)C2=O)cc1.O=C1CC(=O)N(CCc2ccc(-c3ccccc3)cc2)C(=O)N1CCc1ccc(-c2ccccc2)cc1. The van der Waals surface area contributed by atoms with E-state index in [1.807, 2.05) is 152 Å². The maximum absolute atomic E-state index is 13.1. The van der Waals surface area contributed by atoms with Crippen molar-refractivity contribution in [2.45, 2.75) is 136 Å². The fraction of sp³-hybridized carbons (Fsp3) is 0.321. The highest BCUT2D eigenvalue weighted by Gasteiger charge is 2.40. The van der Waals surface area contributed by atoms with Gasteiger partial charge in [0.15, 0.2) is 0 Å². The molecule has 0 aliphatic carbocycles. The molecule has 15 heteroatoms. The van der Waals surface area contributed by atoms with E-state index in [0.29, 0.717) is 38.5 Å². The van der Waals surface area contributed by atoms with Crippen molar-refractivity contribution in [2.24, 2.45) is 0 Å². The minimum absolute atomic E-state index is 0.0747. The van der Waals surface area contributed by atoms with Gasteiger partial charge in [0.2, 0.25) is 35.4 Å². The Kier molecular flexibility index (Phi) is 24.1. The zero-order chi connectivity index (χ0) is 71.0. The Balaban J connectivity index is 0.000000175. The Morgan fingerprint density at radius 1 is 0.222 bits per heavy atom. The normalized spacial score (nSPS) is 14.7. The number of hydrogen-bond donors (Lipinski definition) is 0. The second-order valence-corrected chi connectivity index (χ2v) is 28.6. The molecule has 3 heterocycles. The molecule has 0 saturated carbocycles. The van der Waals surface area contributed by atoms with Gasteiger partial charge in [-0.25, -0.2) is 14.4 Å². The Labute approximate surface area is 583 Å². The molecule has 0 unspecified atom stereocenters. The van der Waals surface area contributed by atoms with Crippen LogP contribution < -0.4 is 0 Å². The first-order valence-corrected chi connectivity index (χ1v) is 34.2. The Morgan fingerprint density at radius 3 is 0.596 bits per heavy atom. The smallest absolute Gasteiger partial charge is 0.274 e. The summed E-state index contributed by atoms with van der Waals surface area (Å²) in [7, 11) is 0. The second-order valence-electron chi connectivity index (χ2n) is 28.6. The van der Waals surface area contributed by atoms with Gasteiger partial charge < -0.3 is 0 Å². The van der Waals surface area contributed by atoms with Crippen molar-refractivity contribution in [2.75, 3.05) is 39.3 Å². The summed E-state index contributed by atoms with van der Waals surface area (Å²) >= 11 is 0. The molecule has 3 fully saturated rings. The molecule has 8 aromatic carbocycles. The molecule has 3 aliphatic heterocycles. The van der Waals surface area contributed by atoms with Crippen LogP contribution in [-0.4, -0.2) is 122 Å². The highest BCUT2D eigenvalue weighted by Crippen LogP contribution is 2.28. The lowest BCUT2D eigenvalue weighted by molar-refractivity contribution is -0.144. The first-order valence-electron chi connectivity index (χ1n) is 34.2. The van der Waals surface area contributed by atoms with Crippen molar-refractivity contribution < 1.29 is 43.2 Å². The molecule has 512 valence electrons. The summed E-state index contributed by atoms with van der Waals surface area (Å²) in [5.74, 6) is -2.52. The van der Waals surface area contributed by atoms with Crippen LogP contribution in [0.15, 0.2) is 212 Å². The molecule has 11 rings (SSSR count). The van der Waals surface area contributed by atoms with Gasteiger partial charge in [-0.3, -0.25) is 58.2 Å². The number of nitrogens with zero attached hydrogens (tertiary/aromatic N) is 6. The Bertz CT molecular complexity index is 3930. The van der Waals surface area contributed by atoms with Gasteiger partial charge in [-0.05, 0) is 127 Å². The molecule has 0 aromatic heterocycles. The molecular formula is C84H92N6O9. The van der Waals surface area contributed by atoms with E-state index >= 15 is 0 Å². The van der Waals surface area contributed by atoms with Gasteiger partial charge in [-0.2, -0.15) is 0 Å². The minimum Gasteiger partial charge on any atom is -0.274 e. The molecule has 15 nitrogen and oxygen atoms in total. The molecular weight excluding hydrogens is 1240 g/mol. The van der Waals surface area contributed by atoms with Gasteiger partial charge in [-0.15, -0.1) is 0 Å². The second kappa shape index (κ2) is 32.8. The minimum atomic E-state index is -0.525. The van der Waals surface area contributed by atoms with Crippen LogP contribution in [0, 0.1) is 0 Å². The molecule has 3 saturated heterocycles. The summed E-state index contributed by atoms with van der Waals surface area (Å²) in [6.45, 7) is 21.1. The van der Waals surface area contributed by atoms with E-state index in [4.69, 9.17) is 0 Å². The Hall–Kier alpha value is -10.4. The van der Waals surface area contributed by atoms with E-state index in [1.165, 1.54) is 46.1 Å². The third-order valence-corrected chi connectivity index (χ3v) is 18.3. The number of carbonyl (C=O) groups excluding carboxylic acids is 9. The summed E-state index contributed by atoms with van der Waals surface area (Å²) < 4.78 is 0. The van der Waals surface area contributed by atoms with Crippen LogP contribution in [0.5, 0.6) is 0 Å². The zero-order valence-electron chi connectivity index (χ0n) is 58.7.